The van der Waals surface area contributed by atoms with Crippen molar-refractivity contribution in [1.29, 1.82) is 0 Å². The van der Waals surface area contributed by atoms with E-state index in [9.17, 15) is 4.79 Å². The SMILES string of the molecule is CC1(COc2c(N3CCNCC3)cn[nH]c2=O)CC1. The molecule has 1 aromatic rings. The molecule has 0 amide bonds. The van der Waals surface area contributed by atoms with Crippen LogP contribution in [0.4, 0.5) is 5.69 Å². The standard InChI is InChI=1S/C13H20N4O2/c1-13(2-3-13)9-19-11-10(8-15-16-12(11)18)17-6-4-14-5-7-17/h8,14H,2-7,9H2,1H3,(H,16,18). The van der Waals surface area contributed by atoms with Crippen LogP contribution in [0.2, 0.25) is 0 Å². The van der Waals surface area contributed by atoms with Crippen LogP contribution >= 0.6 is 0 Å². The molecule has 2 aliphatic rings. The number of nitrogens with zero attached hydrogens (tertiary/aromatic N) is 2. The Labute approximate surface area is 112 Å². The van der Waals surface area contributed by atoms with Crippen molar-refractivity contribution in [3.05, 3.63) is 16.6 Å². The second-order valence-corrected chi connectivity index (χ2v) is 5.75. The summed E-state index contributed by atoms with van der Waals surface area (Å²) in [5, 5.41) is 9.66. The Morgan fingerprint density at radius 3 is 2.84 bits per heavy atom. The minimum absolute atomic E-state index is 0.236. The minimum Gasteiger partial charge on any atom is -0.486 e. The van der Waals surface area contributed by atoms with Crippen molar-refractivity contribution < 1.29 is 4.74 Å². The highest BCUT2D eigenvalue weighted by molar-refractivity contribution is 5.56. The predicted molar refractivity (Wildman–Crippen MR) is 72.8 cm³/mol. The summed E-state index contributed by atoms with van der Waals surface area (Å²) in [6.07, 6.45) is 4.05. The van der Waals surface area contributed by atoms with Crippen molar-refractivity contribution >= 4 is 5.69 Å². The third kappa shape index (κ3) is 2.73. The van der Waals surface area contributed by atoms with Gasteiger partial charge >= 0.3 is 5.56 Å². The number of anilines is 1. The molecule has 1 saturated heterocycles. The summed E-state index contributed by atoms with van der Waals surface area (Å²) < 4.78 is 5.80. The van der Waals surface area contributed by atoms with E-state index in [0.29, 0.717) is 12.4 Å². The summed E-state index contributed by atoms with van der Waals surface area (Å²) >= 11 is 0. The van der Waals surface area contributed by atoms with E-state index in [1.54, 1.807) is 6.20 Å². The number of H-pyrrole nitrogens is 1. The van der Waals surface area contributed by atoms with E-state index in [2.05, 4.69) is 27.3 Å². The zero-order chi connectivity index (χ0) is 13.3. The zero-order valence-electron chi connectivity index (χ0n) is 11.2. The topological polar surface area (TPSA) is 70.2 Å². The lowest BCUT2D eigenvalue weighted by Gasteiger charge is -2.30. The van der Waals surface area contributed by atoms with E-state index in [4.69, 9.17) is 4.74 Å². The average Bonchev–Trinajstić information content (AvgIpc) is 3.16. The molecule has 0 unspecified atom stereocenters. The molecular weight excluding hydrogens is 244 g/mol. The maximum Gasteiger partial charge on any atom is 0.308 e. The number of nitrogens with one attached hydrogen (secondary N) is 2. The van der Waals surface area contributed by atoms with Crippen molar-refractivity contribution in [1.82, 2.24) is 15.5 Å². The molecule has 2 fully saturated rings. The number of piperazine rings is 1. The molecule has 19 heavy (non-hydrogen) atoms. The molecule has 6 heteroatoms. The van der Waals surface area contributed by atoms with Gasteiger partial charge in [0, 0.05) is 31.6 Å². The van der Waals surface area contributed by atoms with Crippen LogP contribution < -0.4 is 20.5 Å². The van der Waals surface area contributed by atoms with Crippen LogP contribution in [-0.2, 0) is 0 Å². The fourth-order valence-electron chi connectivity index (χ4n) is 2.25. The van der Waals surface area contributed by atoms with E-state index in [0.717, 1.165) is 31.9 Å². The van der Waals surface area contributed by atoms with Crippen molar-refractivity contribution in [3.63, 3.8) is 0 Å². The third-order valence-corrected chi connectivity index (χ3v) is 3.92. The largest absolute Gasteiger partial charge is 0.486 e. The Hall–Kier alpha value is -1.56. The van der Waals surface area contributed by atoms with Gasteiger partial charge in [0.2, 0.25) is 5.75 Å². The molecule has 6 nitrogen and oxygen atoms in total. The first-order chi connectivity index (χ1) is 9.18. The number of ether oxygens (including phenoxy) is 1. The molecular formula is C13H20N4O2. The second-order valence-electron chi connectivity index (χ2n) is 5.75. The Morgan fingerprint density at radius 2 is 2.16 bits per heavy atom. The summed E-state index contributed by atoms with van der Waals surface area (Å²) in [4.78, 5) is 14.1. The Kier molecular flexibility index (Phi) is 3.18. The Balaban J connectivity index is 1.81. The molecule has 0 radical (unpaired) electrons. The van der Waals surface area contributed by atoms with Crippen molar-refractivity contribution in [3.8, 4) is 5.75 Å². The van der Waals surface area contributed by atoms with Gasteiger partial charge in [0.15, 0.2) is 0 Å². The number of hydrogen-bond acceptors (Lipinski definition) is 5. The van der Waals surface area contributed by atoms with Crippen LogP contribution in [0.25, 0.3) is 0 Å². The molecule has 2 heterocycles. The fraction of sp³-hybridized carbons (Fsp3) is 0.692. The smallest absolute Gasteiger partial charge is 0.308 e. The number of aromatic nitrogens is 2. The van der Waals surface area contributed by atoms with E-state index >= 15 is 0 Å². The minimum atomic E-state index is -0.236. The number of rotatable bonds is 4. The van der Waals surface area contributed by atoms with E-state index in [1.807, 2.05) is 0 Å². The molecule has 3 rings (SSSR count). The quantitative estimate of drug-likeness (QED) is 0.821. The Morgan fingerprint density at radius 1 is 1.42 bits per heavy atom. The lowest BCUT2D eigenvalue weighted by atomic mass is 10.2. The van der Waals surface area contributed by atoms with Gasteiger partial charge in [0.25, 0.3) is 0 Å². The second kappa shape index (κ2) is 4.85. The summed E-state index contributed by atoms with van der Waals surface area (Å²) in [7, 11) is 0. The normalized spacial score (nSPS) is 21.2. The first-order valence-electron chi connectivity index (χ1n) is 6.84. The fourth-order valence-corrected chi connectivity index (χ4v) is 2.25. The highest BCUT2D eigenvalue weighted by Gasteiger charge is 2.38. The highest BCUT2D eigenvalue weighted by Crippen LogP contribution is 2.45. The first-order valence-corrected chi connectivity index (χ1v) is 6.84. The van der Waals surface area contributed by atoms with E-state index < -0.39 is 0 Å². The molecule has 0 atom stereocenters. The van der Waals surface area contributed by atoms with Crippen LogP contribution in [0.5, 0.6) is 5.75 Å². The molecule has 0 bridgehead atoms. The van der Waals surface area contributed by atoms with Crippen LogP contribution in [0.15, 0.2) is 11.0 Å². The molecule has 1 saturated carbocycles. The number of hydrogen-bond donors (Lipinski definition) is 2. The summed E-state index contributed by atoms with van der Waals surface area (Å²) in [5.41, 5.74) is 0.839. The molecule has 0 spiro atoms. The van der Waals surface area contributed by atoms with Crippen molar-refractivity contribution in [2.24, 2.45) is 5.41 Å². The Bertz CT molecular complexity index is 504. The third-order valence-electron chi connectivity index (χ3n) is 3.92. The molecule has 1 aromatic heterocycles. The maximum atomic E-state index is 11.9. The van der Waals surface area contributed by atoms with Crippen molar-refractivity contribution in [2.75, 3.05) is 37.7 Å². The van der Waals surface area contributed by atoms with Gasteiger partial charge in [0.1, 0.15) is 5.69 Å². The molecule has 0 aromatic carbocycles. The van der Waals surface area contributed by atoms with Gasteiger partial charge < -0.3 is 15.0 Å². The van der Waals surface area contributed by atoms with Gasteiger partial charge in [0.05, 0.1) is 12.8 Å². The van der Waals surface area contributed by atoms with Gasteiger partial charge in [-0.1, -0.05) is 6.92 Å². The summed E-state index contributed by atoms with van der Waals surface area (Å²) in [6.45, 7) is 6.39. The first kappa shape index (κ1) is 12.5. The van der Waals surface area contributed by atoms with E-state index in [1.165, 1.54) is 12.8 Å². The maximum absolute atomic E-state index is 11.9. The molecule has 104 valence electrons. The van der Waals surface area contributed by atoms with Crippen molar-refractivity contribution in [2.45, 2.75) is 19.8 Å². The van der Waals surface area contributed by atoms with Gasteiger partial charge in [-0.15, -0.1) is 0 Å². The lowest BCUT2D eigenvalue weighted by Crippen LogP contribution is -2.44. The van der Waals surface area contributed by atoms with Crippen LogP contribution in [0.1, 0.15) is 19.8 Å². The van der Waals surface area contributed by atoms with Crippen LogP contribution in [-0.4, -0.2) is 43.0 Å². The molecule has 1 aliphatic heterocycles. The van der Waals surface area contributed by atoms with Gasteiger partial charge in [-0.25, -0.2) is 5.10 Å². The van der Waals surface area contributed by atoms with Gasteiger partial charge in [-0.05, 0) is 12.8 Å². The summed E-state index contributed by atoms with van der Waals surface area (Å²) in [5.74, 6) is 0.421. The molecule has 2 N–H and O–H groups in total. The summed E-state index contributed by atoms with van der Waals surface area (Å²) in [6, 6.07) is 0. The van der Waals surface area contributed by atoms with Gasteiger partial charge in [-0.3, -0.25) is 4.79 Å². The lowest BCUT2D eigenvalue weighted by molar-refractivity contribution is 0.244. The number of aromatic amines is 1. The van der Waals surface area contributed by atoms with Gasteiger partial charge in [-0.2, -0.15) is 5.10 Å². The average molecular weight is 264 g/mol. The molecule has 1 aliphatic carbocycles. The zero-order valence-corrected chi connectivity index (χ0v) is 11.2. The van der Waals surface area contributed by atoms with Crippen LogP contribution in [0, 0.1) is 5.41 Å². The monoisotopic (exact) mass is 264 g/mol. The highest BCUT2D eigenvalue weighted by atomic mass is 16.5. The van der Waals surface area contributed by atoms with E-state index in [-0.39, 0.29) is 11.0 Å². The van der Waals surface area contributed by atoms with Crippen LogP contribution in [0.3, 0.4) is 0 Å². The predicted octanol–water partition coefficient (Wildman–Crippen LogP) is 0.358.